The highest BCUT2D eigenvalue weighted by molar-refractivity contribution is 5.92. The van der Waals surface area contributed by atoms with E-state index in [1.165, 1.54) is 19.3 Å². The van der Waals surface area contributed by atoms with Crippen LogP contribution in [0.4, 0.5) is 5.69 Å². The molecule has 2 fully saturated rings. The number of anilines is 1. The average Bonchev–Trinajstić information content (AvgIpc) is 2.72. The number of hydrogen-bond donors (Lipinski definition) is 3. The SMILES string of the molecule is O=C(CCC1CCNCC1)NCc1cccc(NC(=O)C2CCCCC2)c1. The molecule has 0 aromatic heterocycles. The van der Waals surface area contributed by atoms with E-state index in [4.69, 9.17) is 0 Å². The zero-order valence-electron chi connectivity index (χ0n) is 16.3. The molecule has 2 amide bonds. The van der Waals surface area contributed by atoms with Crippen LogP contribution in [0, 0.1) is 11.8 Å². The van der Waals surface area contributed by atoms with E-state index in [2.05, 4.69) is 16.0 Å². The van der Waals surface area contributed by atoms with E-state index < -0.39 is 0 Å². The van der Waals surface area contributed by atoms with Crippen molar-refractivity contribution in [1.82, 2.24) is 10.6 Å². The molecule has 1 saturated heterocycles. The smallest absolute Gasteiger partial charge is 0.227 e. The summed E-state index contributed by atoms with van der Waals surface area (Å²) in [4.78, 5) is 24.5. The topological polar surface area (TPSA) is 70.2 Å². The molecule has 2 aliphatic rings. The lowest BCUT2D eigenvalue weighted by Crippen LogP contribution is -2.29. The average molecular weight is 372 g/mol. The fourth-order valence-corrected chi connectivity index (χ4v) is 4.16. The van der Waals surface area contributed by atoms with Crippen molar-refractivity contribution < 1.29 is 9.59 Å². The predicted octanol–water partition coefficient (Wildman–Crippen LogP) is 3.60. The third-order valence-electron chi connectivity index (χ3n) is 5.90. The Bertz CT molecular complexity index is 620. The summed E-state index contributed by atoms with van der Waals surface area (Å²) < 4.78 is 0. The molecule has 1 heterocycles. The summed E-state index contributed by atoms with van der Waals surface area (Å²) in [6, 6.07) is 7.81. The second kappa shape index (κ2) is 10.5. The summed E-state index contributed by atoms with van der Waals surface area (Å²) in [7, 11) is 0. The monoisotopic (exact) mass is 371 g/mol. The van der Waals surface area contributed by atoms with E-state index in [0.29, 0.717) is 18.9 Å². The largest absolute Gasteiger partial charge is 0.352 e. The first-order chi connectivity index (χ1) is 13.2. The third kappa shape index (κ3) is 6.65. The molecule has 0 unspecified atom stereocenters. The van der Waals surface area contributed by atoms with E-state index in [1.54, 1.807) is 0 Å². The normalized spacial score (nSPS) is 18.8. The molecule has 0 atom stereocenters. The number of carbonyl (C=O) groups is 2. The maximum atomic E-state index is 12.4. The van der Waals surface area contributed by atoms with Gasteiger partial charge in [-0.15, -0.1) is 0 Å². The number of piperidine rings is 1. The molecule has 1 aromatic carbocycles. The first-order valence-electron chi connectivity index (χ1n) is 10.6. The number of hydrogen-bond acceptors (Lipinski definition) is 3. The van der Waals surface area contributed by atoms with Gasteiger partial charge in [0.25, 0.3) is 0 Å². The molecule has 3 rings (SSSR count). The second-order valence-electron chi connectivity index (χ2n) is 8.03. The number of carbonyl (C=O) groups excluding carboxylic acids is 2. The van der Waals surface area contributed by atoms with Crippen LogP contribution in [-0.4, -0.2) is 24.9 Å². The molecule has 0 radical (unpaired) electrons. The van der Waals surface area contributed by atoms with E-state index in [0.717, 1.165) is 56.4 Å². The first-order valence-corrected chi connectivity index (χ1v) is 10.6. The molecule has 5 heteroatoms. The Morgan fingerprint density at radius 2 is 1.81 bits per heavy atom. The van der Waals surface area contributed by atoms with Crippen molar-refractivity contribution in [3.8, 4) is 0 Å². The molecule has 0 bridgehead atoms. The van der Waals surface area contributed by atoms with Crippen LogP contribution in [0.5, 0.6) is 0 Å². The van der Waals surface area contributed by atoms with Gasteiger partial charge >= 0.3 is 0 Å². The molecule has 5 nitrogen and oxygen atoms in total. The molecule has 0 spiro atoms. The third-order valence-corrected chi connectivity index (χ3v) is 5.90. The second-order valence-corrected chi connectivity index (χ2v) is 8.03. The number of amides is 2. The Labute approximate surface area is 162 Å². The molecule has 3 N–H and O–H groups in total. The van der Waals surface area contributed by atoms with Gasteiger partial charge in [-0.2, -0.15) is 0 Å². The summed E-state index contributed by atoms with van der Waals surface area (Å²) in [5.41, 5.74) is 1.85. The molecule has 1 aliphatic carbocycles. The van der Waals surface area contributed by atoms with Crippen LogP contribution in [0.3, 0.4) is 0 Å². The van der Waals surface area contributed by atoms with Crippen molar-refractivity contribution in [3.05, 3.63) is 29.8 Å². The summed E-state index contributed by atoms with van der Waals surface area (Å²) in [6.45, 7) is 2.66. The van der Waals surface area contributed by atoms with E-state index >= 15 is 0 Å². The van der Waals surface area contributed by atoms with Gasteiger partial charge in [0.2, 0.25) is 11.8 Å². The lowest BCUT2D eigenvalue weighted by Gasteiger charge is -2.22. The highest BCUT2D eigenvalue weighted by Crippen LogP contribution is 2.25. The van der Waals surface area contributed by atoms with Gasteiger partial charge in [-0.25, -0.2) is 0 Å². The molecular weight excluding hydrogens is 338 g/mol. The quantitative estimate of drug-likeness (QED) is 0.686. The highest BCUT2D eigenvalue weighted by Gasteiger charge is 2.21. The van der Waals surface area contributed by atoms with Crippen molar-refractivity contribution in [2.75, 3.05) is 18.4 Å². The zero-order chi connectivity index (χ0) is 18.9. The number of rotatable bonds is 7. The van der Waals surface area contributed by atoms with Crippen LogP contribution in [0.15, 0.2) is 24.3 Å². The Morgan fingerprint density at radius 3 is 2.59 bits per heavy atom. The standard InChI is InChI=1S/C22H33N3O2/c26-21(10-9-17-11-13-23-14-12-17)24-16-18-5-4-8-20(15-18)25-22(27)19-6-2-1-3-7-19/h4-5,8,15,17,19,23H,1-3,6-7,9-14,16H2,(H,24,26)(H,25,27). The van der Waals surface area contributed by atoms with Crippen molar-refractivity contribution in [2.45, 2.75) is 64.3 Å². The van der Waals surface area contributed by atoms with Gasteiger partial charge in [0, 0.05) is 24.6 Å². The van der Waals surface area contributed by atoms with Crippen LogP contribution in [0.2, 0.25) is 0 Å². The van der Waals surface area contributed by atoms with Gasteiger partial charge in [0.15, 0.2) is 0 Å². The minimum Gasteiger partial charge on any atom is -0.352 e. The highest BCUT2D eigenvalue weighted by atomic mass is 16.2. The maximum Gasteiger partial charge on any atom is 0.227 e. The summed E-state index contributed by atoms with van der Waals surface area (Å²) in [5, 5.41) is 9.42. The Kier molecular flexibility index (Phi) is 7.69. The van der Waals surface area contributed by atoms with Gasteiger partial charge in [-0.05, 0) is 68.8 Å². The Morgan fingerprint density at radius 1 is 1.04 bits per heavy atom. The predicted molar refractivity (Wildman–Crippen MR) is 108 cm³/mol. The zero-order valence-corrected chi connectivity index (χ0v) is 16.3. The summed E-state index contributed by atoms with van der Waals surface area (Å²) in [5.74, 6) is 1.08. The number of benzene rings is 1. The van der Waals surface area contributed by atoms with Crippen LogP contribution in [0.1, 0.15) is 63.4 Å². The molecule has 1 aliphatic heterocycles. The molecule has 27 heavy (non-hydrogen) atoms. The van der Waals surface area contributed by atoms with Gasteiger partial charge in [0.1, 0.15) is 0 Å². The Balaban J connectivity index is 1.41. The van der Waals surface area contributed by atoms with Crippen LogP contribution in [-0.2, 0) is 16.1 Å². The van der Waals surface area contributed by atoms with Crippen molar-refractivity contribution in [2.24, 2.45) is 11.8 Å². The van der Waals surface area contributed by atoms with Gasteiger partial charge < -0.3 is 16.0 Å². The fraction of sp³-hybridized carbons (Fsp3) is 0.636. The molecular formula is C22H33N3O2. The maximum absolute atomic E-state index is 12.4. The van der Waals surface area contributed by atoms with Crippen LogP contribution in [0.25, 0.3) is 0 Å². The van der Waals surface area contributed by atoms with Gasteiger partial charge in [-0.1, -0.05) is 31.4 Å². The van der Waals surface area contributed by atoms with E-state index in [-0.39, 0.29) is 17.7 Å². The lowest BCUT2D eigenvalue weighted by atomic mass is 9.88. The minimum absolute atomic E-state index is 0.116. The fourth-order valence-electron chi connectivity index (χ4n) is 4.16. The van der Waals surface area contributed by atoms with Crippen LogP contribution >= 0.6 is 0 Å². The minimum atomic E-state index is 0.116. The van der Waals surface area contributed by atoms with Crippen molar-refractivity contribution in [1.29, 1.82) is 0 Å². The van der Waals surface area contributed by atoms with Crippen molar-refractivity contribution >= 4 is 17.5 Å². The van der Waals surface area contributed by atoms with Crippen molar-refractivity contribution in [3.63, 3.8) is 0 Å². The Hall–Kier alpha value is -1.88. The molecule has 148 valence electrons. The molecule has 1 saturated carbocycles. The summed E-state index contributed by atoms with van der Waals surface area (Å²) in [6.07, 6.45) is 9.48. The first kappa shape index (κ1) is 19.9. The van der Waals surface area contributed by atoms with Gasteiger partial charge in [-0.3, -0.25) is 9.59 Å². The van der Waals surface area contributed by atoms with E-state index in [1.807, 2.05) is 24.3 Å². The number of nitrogens with one attached hydrogen (secondary N) is 3. The summed E-state index contributed by atoms with van der Waals surface area (Å²) >= 11 is 0. The molecule has 1 aromatic rings. The van der Waals surface area contributed by atoms with E-state index in [9.17, 15) is 9.59 Å². The van der Waals surface area contributed by atoms with Gasteiger partial charge in [0.05, 0.1) is 0 Å². The lowest BCUT2D eigenvalue weighted by molar-refractivity contribution is -0.122. The van der Waals surface area contributed by atoms with Crippen LogP contribution < -0.4 is 16.0 Å².